The van der Waals surface area contributed by atoms with Crippen molar-refractivity contribution in [3.05, 3.63) is 53.8 Å². The summed E-state index contributed by atoms with van der Waals surface area (Å²) < 4.78 is 0. The van der Waals surface area contributed by atoms with Crippen molar-refractivity contribution in [2.24, 2.45) is 5.41 Å². The van der Waals surface area contributed by atoms with E-state index in [-0.39, 0.29) is 16.8 Å². The van der Waals surface area contributed by atoms with Crippen LogP contribution in [-0.4, -0.2) is 16.9 Å². The lowest BCUT2D eigenvalue weighted by Crippen LogP contribution is -2.21. The van der Waals surface area contributed by atoms with Crippen LogP contribution in [0.15, 0.2) is 48.2 Å². The first-order valence-corrected chi connectivity index (χ1v) is 6.86. The number of carboxylic acids is 1. The lowest BCUT2D eigenvalue weighted by Gasteiger charge is -2.27. The molecule has 1 aromatic rings. The minimum atomic E-state index is -0.940. The smallest absolute Gasteiger partial charge is 0.335 e. The molecule has 0 atom stereocenters. The number of carbonyl (C=O) groups excluding carboxylic acids is 1. The number of aromatic carboxylic acids is 1. The molecule has 1 aliphatic carbocycles. The van der Waals surface area contributed by atoms with Gasteiger partial charge in [0.1, 0.15) is 0 Å². The molecular weight excluding hydrogens is 266 g/mol. The zero-order valence-electron chi connectivity index (χ0n) is 12.2. The maximum atomic E-state index is 11.6. The zero-order chi connectivity index (χ0) is 15.5. The number of carbonyl (C=O) groups is 2. The molecule has 2 rings (SSSR count). The molecule has 1 aromatic carbocycles. The Labute approximate surface area is 124 Å². The Kier molecular flexibility index (Phi) is 4.26. The molecular formula is C17H19NO3. The lowest BCUT2D eigenvalue weighted by molar-refractivity contribution is -0.116. The van der Waals surface area contributed by atoms with Gasteiger partial charge in [-0.15, -0.1) is 0 Å². The summed E-state index contributed by atoms with van der Waals surface area (Å²) in [7, 11) is 0. The van der Waals surface area contributed by atoms with Crippen LogP contribution in [0.2, 0.25) is 0 Å². The van der Waals surface area contributed by atoms with Crippen LogP contribution in [0.5, 0.6) is 0 Å². The van der Waals surface area contributed by atoms with E-state index in [1.807, 2.05) is 6.08 Å². The molecule has 0 saturated carbocycles. The first-order chi connectivity index (χ1) is 9.85. The monoisotopic (exact) mass is 285 g/mol. The Hall–Kier alpha value is -2.36. The number of allylic oxidation sites excluding steroid dienone is 3. The van der Waals surface area contributed by atoms with E-state index in [9.17, 15) is 9.59 Å². The third kappa shape index (κ3) is 4.31. The number of ketones is 1. The summed E-state index contributed by atoms with van der Waals surface area (Å²) in [6.07, 6.45) is 6.82. The van der Waals surface area contributed by atoms with E-state index in [0.717, 1.165) is 17.7 Å². The van der Waals surface area contributed by atoms with Crippen LogP contribution in [0.1, 0.15) is 37.0 Å². The maximum Gasteiger partial charge on any atom is 0.335 e. The van der Waals surface area contributed by atoms with Gasteiger partial charge in [0.05, 0.1) is 5.56 Å². The SMILES string of the molecule is CC1(C)CC(=O)C=C(C=CNc2ccc(C(=O)O)cc2)C1. The van der Waals surface area contributed by atoms with Gasteiger partial charge in [0, 0.05) is 18.3 Å². The van der Waals surface area contributed by atoms with Gasteiger partial charge in [-0.1, -0.05) is 13.8 Å². The van der Waals surface area contributed by atoms with E-state index < -0.39 is 5.97 Å². The summed E-state index contributed by atoms with van der Waals surface area (Å²) in [5, 5.41) is 11.9. The molecule has 21 heavy (non-hydrogen) atoms. The van der Waals surface area contributed by atoms with Gasteiger partial charge >= 0.3 is 5.97 Å². The van der Waals surface area contributed by atoms with Crippen molar-refractivity contribution < 1.29 is 14.7 Å². The number of hydrogen-bond acceptors (Lipinski definition) is 3. The molecule has 0 unspecified atom stereocenters. The summed E-state index contributed by atoms with van der Waals surface area (Å²) in [5.74, 6) is -0.776. The van der Waals surface area contributed by atoms with Crippen molar-refractivity contribution in [3.63, 3.8) is 0 Å². The second-order valence-electron chi connectivity index (χ2n) is 6.06. The zero-order valence-corrected chi connectivity index (χ0v) is 12.2. The fraction of sp³-hybridized carbons (Fsp3) is 0.294. The van der Waals surface area contributed by atoms with E-state index in [1.165, 1.54) is 0 Å². The standard InChI is InChI=1S/C17H19NO3/c1-17(2)10-12(9-15(19)11-17)7-8-18-14-5-3-13(4-6-14)16(20)21/h3-9,18H,10-11H2,1-2H3,(H,20,21). The Balaban J connectivity index is 1.99. The molecule has 110 valence electrons. The van der Waals surface area contributed by atoms with Crippen LogP contribution >= 0.6 is 0 Å². The van der Waals surface area contributed by atoms with Crippen molar-refractivity contribution >= 4 is 17.4 Å². The molecule has 0 aromatic heterocycles. The average molecular weight is 285 g/mol. The van der Waals surface area contributed by atoms with Gasteiger partial charge in [0.25, 0.3) is 0 Å². The van der Waals surface area contributed by atoms with E-state index in [0.29, 0.717) is 6.42 Å². The number of hydrogen-bond donors (Lipinski definition) is 2. The second-order valence-corrected chi connectivity index (χ2v) is 6.06. The molecule has 2 N–H and O–H groups in total. The largest absolute Gasteiger partial charge is 0.478 e. The van der Waals surface area contributed by atoms with Gasteiger partial charge in [-0.2, -0.15) is 0 Å². The number of carboxylic acid groups (broad SMARTS) is 1. The highest BCUT2D eigenvalue weighted by Crippen LogP contribution is 2.33. The van der Waals surface area contributed by atoms with Crippen molar-refractivity contribution in [1.29, 1.82) is 0 Å². The normalized spacial score (nSPS) is 17.6. The number of nitrogens with one attached hydrogen (secondary N) is 1. The molecule has 0 fully saturated rings. The van der Waals surface area contributed by atoms with Crippen molar-refractivity contribution in [2.45, 2.75) is 26.7 Å². The second kappa shape index (κ2) is 5.95. The predicted molar refractivity (Wildman–Crippen MR) is 82.3 cm³/mol. The van der Waals surface area contributed by atoms with Crippen LogP contribution in [0.25, 0.3) is 0 Å². The van der Waals surface area contributed by atoms with Crippen molar-refractivity contribution in [2.75, 3.05) is 5.32 Å². The van der Waals surface area contributed by atoms with Crippen molar-refractivity contribution in [3.8, 4) is 0 Å². The maximum absolute atomic E-state index is 11.6. The molecule has 4 nitrogen and oxygen atoms in total. The Morgan fingerprint density at radius 2 is 1.90 bits per heavy atom. The Morgan fingerprint density at radius 3 is 2.48 bits per heavy atom. The lowest BCUT2D eigenvalue weighted by atomic mass is 9.77. The number of anilines is 1. The molecule has 0 bridgehead atoms. The van der Waals surface area contributed by atoms with Gasteiger partial charge in [-0.25, -0.2) is 4.79 Å². The van der Waals surface area contributed by atoms with Crippen molar-refractivity contribution in [1.82, 2.24) is 0 Å². The highest BCUT2D eigenvalue weighted by Gasteiger charge is 2.26. The molecule has 1 aliphatic rings. The van der Waals surface area contributed by atoms with E-state index in [4.69, 9.17) is 5.11 Å². The van der Waals surface area contributed by atoms with E-state index in [2.05, 4.69) is 19.2 Å². The topological polar surface area (TPSA) is 66.4 Å². The number of rotatable bonds is 4. The van der Waals surface area contributed by atoms with Gasteiger partial charge in [-0.3, -0.25) is 4.79 Å². The van der Waals surface area contributed by atoms with E-state index in [1.54, 1.807) is 36.5 Å². The molecule has 0 spiro atoms. The molecule has 0 radical (unpaired) electrons. The van der Waals surface area contributed by atoms with Gasteiger partial charge in [0.15, 0.2) is 5.78 Å². The van der Waals surface area contributed by atoms with Crippen LogP contribution in [-0.2, 0) is 4.79 Å². The minimum Gasteiger partial charge on any atom is -0.478 e. The summed E-state index contributed by atoms with van der Waals surface area (Å²) in [5.41, 5.74) is 2.07. The first-order valence-electron chi connectivity index (χ1n) is 6.86. The molecule has 0 aliphatic heterocycles. The van der Waals surface area contributed by atoms with Gasteiger partial charge < -0.3 is 10.4 Å². The highest BCUT2D eigenvalue weighted by molar-refractivity contribution is 5.92. The summed E-state index contributed by atoms with van der Waals surface area (Å²) in [6.45, 7) is 4.17. The summed E-state index contributed by atoms with van der Waals surface area (Å²) in [6, 6.07) is 6.51. The Morgan fingerprint density at radius 1 is 1.24 bits per heavy atom. The third-order valence-corrected chi connectivity index (χ3v) is 3.36. The first kappa shape index (κ1) is 15.0. The molecule has 0 saturated heterocycles. The van der Waals surface area contributed by atoms with Crippen LogP contribution in [0.3, 0.4) is 0 Å². The van der Waals surface area contributed by atoms with Crippen LogP contribution in [0.4, 0.5) is 5.69 Å². The molecule has 4 heteroatoms. The van der Waals surface area contributed by atoms with Gasteiger partial charge in [0.2, 0.25) is 0 Å². The fourth-order valence-corrected chi connectivity index (χ4v) is 2.46. The molecule has 0 heterocycles. The summed E-state index contributed by atoms with van der Waals surface area (Å²) >= 11 is 0. The minimum absolute atomic E-state index is 0.00857. The highest BCUT2D eigenvalue weighted by atomic mass is 16.4. The fourth-order valence-electron chi connectivity index (χ4n) is 2.46. The van der Waals surface area contributed by atoms with Gasteiger partial charge in [-0.05, 0) is 53.8 Å². The summed E-state index contributed by atoms with van der Waals surface area (Å²) in [4.78, 5) is 22.4. The van der Waals surface area contributed by atoms with Crippen LogP contribution < -0.4 is 5.32 Å². The van der Waals surface area contributed by atoms with Crippen LogP contribution in [0, 0.1) is 5.41 Å². The number of benzene rings is 1. The average Bonchev–Trinajstić information content (AvgIpc) is 2.37. The molecule has 0 amide bonds. The third-order valence-electron chi connectivity index (χ3n) is 3.36. The quantitative estimate of drug-likeness (QED) is 0.886. The predicted octanol–water partition coefficient (Wildman–Crippen LogP) is 3.63. The van der Waals surface area contributed by atoms with E-state index >= 15 is 0 Å². The Bertz CT molecular complexity index is 609.